The monoisotopic (exact) mass is 263 g/mol. The number of hydrogen-bond donors (Lipinski definition) is 1. The summed E-state index contributed by atoms with van der Waals surface area (Å²) in [5.41, 5.74) is 1.45. The summed E-state index contributed by atoms with van der Waals surface area (Å²) in [6.07, 6.45) is 1.17. The molecule has 0 saturated carbocycles. The average molecular weight is 263 g/mol. The number of methoxy groups -OCH3 is 1. The molecule has 2 rings (SSSR count). The van der Waals surface area contributed by atoms with Gasteiger partial charge in [-0.1, -0.05) is 32.9 Å². The van der Waals surface area contributed by atoms with Crippen LogP contribution in [-0.2, 0) is 4.74 Å². The Balaban J connectivity index is 2.06. The Kier molecular flexibility index (Phi) is 4.48. The van der Waals surface area contributed by atoms with Crippen LogP contribution in [-0.4, -0.2) is 26.3 Å². The van der Waals surface area contributed by atoms with Crippen molar-refractivity contribution in [3.63, 3.8) is 0 Å². The predicted octanol–water partition coefficient (Wildman–Crippen LogP) is 3.16. The fourth-order valence-electron chi connectivity index (χ4n) is 2.53. The van der Waals surface area contributed by atoms with Gasteiger partial charge in [0.15, 0.2) is 0 Å². The minimum absolute atomic E-state index is 0.113. The first-order valence-electron chi connectivity index (χ1n) is 6.99. The van der Waals surface area contributed by atoms with E-state index in [1.165, 1.54) is 5.56 Å². The summed E-state index contributed by atoms with van der Waals surface area (Å²) in [6, 6.07) is 8.65. The summed E-state index contributed by atoms with van der Waals surface area (Å²) in [5.74, 6) is 0.887. The van der Waals surface area contributed by atoms with E-state index in [1.54, 1.807) is 7.11 Å². The van der Waals surface area contributed by atoms with Crippen molar-refractivity contribution in [2.45, 2.75) is 39.3 Å². The van der Waals surface area contributed by atoms with E-state index in [-0.39, 0.29) is 11.5 Å². The van der Waals surface area contributed by atoms with Gasteiger partial charge < -0.3 is 14.8 Å². The molecule has 1 N–H and O–H groups in total. The lowest BCUT2D eigenvalue weighted by molar-refractivity contribution is 0.0652. The molecule has 0 bridgehead atoms. The Morgan fingerprint density at radius 3 is 2.79 bits per heavy atom. The highest BCUT2D eigenvalue weighted by Crippen LogP contribution is 2.28. The van der Waals surface area contributed by atoms with Crippen molar-refractivity contribution in [3.05, 3.63) is 29.8 Å². The molecule has 1 aromatic rings. The SMILES string of the molecule is COc1cccc(C2CNC(C(C)(C)C)CCO2)c1. The number of ether oxygens (including phenoxy) is 2. The molecular formula is C16H25NO2. The minimum atomic E-state index is 0.113. The molecule has 1 aromatic carbocycles. The molecule has 106 valence electrons. The van der Waals surface area contributed by atoms with Gasteiger partial charge in [-0.15, -0.1) is 0 Å². The van der Waals surface area contributed by atoms with Gasteiger partial charge in [-0.25, -0.2) is 0 Å². The topological polar surface area (TPSA) is 30.5 Å². The van der Waals surface area contributed by atoms with E-state index in [0.717, 1.165) is 25.3 Å². The summed E-state index contributed by atoms with van der Waals surface area (Å²) >= 11 is 0. The molecule has 3 nitrogen and oxygen atoms in total. The van der Waals surface area contributed by atoms with E-state index in [9.17, 15) is 0 Å². The lowest BCUT2D eigenvalue weighted by Gasteiger charge is -2.30. The van der Waals surface area contributed by atoms with E-state index < -0.39 is 0 Å². The predicted molar refractivity (Wildman–Crippen MR) is 77.5 cm³/mol. The summed E-state index contributed by atoms with van der Waals surface area (Å²) in [7, 11) is 1.70. The first-order chi connectivity index (χ1) is 9.00. The lowest BCUT2D eigenvalue weighted by Crippen LogP contribution is -2.40. The zero-order valence-electron chi connectivity index (χ0n) is 12.4. The van der Waals surface area contributed by atoms with Crippen LogP contribution in [0.4, 0.5) is 0 Å². The van der Waals surface area contributed by atoms with E-state index in [4.69, 9.17) is 9.47 Å². The highest BCUT2D eigenvalue weighted by molar-refractivity contribution is 5.30. The Morgan fingerprint density at radius 1 is 1.32 bits per heavy atom. The first kappa shape index (κ1) is 14.4. The third kappa shape index (κ3) is 3.71. The summed E-state index contributed by atoms with van der Waals surface area (Å²) < 4.78 is 11.3. The summed E-state index contributed by atoms with van der Waals surface area (Å²) in [5, 5.41) is 3.64. The number of benzene rings is 1. The molecule has 0 aliphatic carbocycles. The number of rotatable bonds is 2. The van der Waals surface area contributed by atoms with Crippen molar-refractivity contribution in [2.75, 3.05) is 20.3 Å². The third-order valence-electron chi connectivity index (χ3n) is 3.79. The molecule has 0 spiro atoms. The molecule has 0 aromatic heterocycles. The van der Waals surface area contributed by atoms with Crippen molar-refractivity contribution in [3.8, 4) is 5.75 Å². The molecule has 1 fully saturated rings. The number of nitrogens with one attached hydrogen (secondary N) is 1. The molecule has 19 heavy (non-hydrogen) atoms. The van der Waals surface area contributed by atoms with Crippen LogP contribution in [0.1, 0.15) is 38.9 Å². The maximum absolute atomic E-state index is 6.00. The smallest absolute Gasteiger partial charge is 0.119 e. The zero-order chi connectivity index (χ0) is 13.9. The van der Waals surface area contributed by atoms with E-state index in [1.807, 2.05) is 12.1 Å². The van der Waals surface area contributed by atoms with Gasteiger partial charge in [-0.3, -0.25) is 0 Å². The molecule has 0 radical (unpaired) electrons. The second-order valence-corrected chi connectivity index (χ2v) is 6.25. The van der Waals surface area contributed by atoms with Gasteiger partial charge in [0.25, 0.3) is 0 Å². The quantitative estimate of drug-likeness (QED) is 0.889. The Morgan fingerprint density at radius 2 is 2.11 bits per heavy atom. The Hall–Kier alpha value is -1.06. The van der Waals surface area contributed by atoms with Crippen LogP contribution in [0.25, 0.3) is 0 Å². The molecule has 1 saturated heterocycles. The number of hydrogen-bond acceptors (Lipinski definition) is 3. The highest BCUT2D eigenvalue weighted by Gasteiger charge is 2.28. The van der Waals surface area contributed by atoms with Crippen LogP contribution in [0.2, 0.25) is 0 Å². The van der Waals surface area contributed by atoms with E-state index in [0.29, 0.717) is 6.04 Å². The van der Waals surface area contributed by atoms with E-state index >= 15 is 0 Å². The fraction of sp³-hybridized carbons (Fsp3) is 0.625. The maximum atomic E-state index is 6.00. The first-order valence-corrected chi connectivity index (χ1v) is 6.99. The van der Waals surface area contributed by atoms with Crippen LogP contribution in [0.3, 0.4) is 0 Å². The molecule has 2 unspecified atom stereocenters. The van der Waals surface area contributed by atoms with Gasteiger partial charge in [0.2, 0.25) is 0 Å². The van der Waals surface area contributed by atoms with Gasteiger partial charge >= 0.3 is 0 Å². The Labute approximate surface area is 116 Å². The van der Waals surface area contributed by atoms with Crippen molar-refractivity contribution in [1.82, 2.24) is 5.32 Å². The van der Waals surface area contributed by atoms with Gasteiger partial charge in [0.05, 0.1) is 13.2 Å². The van der Waals surface area contributed by atoms with Crippen LogP contribution in [0, 0.1) is 5.41 Å². The molecule has 1 heterocycles. The molecule has 3 heteroatoms. The molecule has 2 atom stereocenters. The van der Waals surface area contributed by atoms with Crippen LogP contribution < -0.4 is 10.1 Å². The van der Waals surface area contributed by atoms with Crippen LogP contribution >= 0.6 is 0 Å². The van der Waals surface area contributed by atoms with Crippen LogP contribution in [0.5, 0.6) is 5.75 Å². The Bertz CT molecular complexity index is 411. The lowest BCUT2D eigenvalue weighted by atomic mass is 9.85. The van der Waals surface area contributed by atoms with E-state index in [2.05, 4.69) is 38.2 Å². The zero-order valence-corrected chi connectivity index (χ0v) is 12.4. The largest absolute Gasteiger partial charge is 0.497 e. The summed E-state index contributed by atoms with van der Waals surface area (Å²) in [4.78, 5) is 0. The van der Waals surface area contributed by atoms with Gasteiger partial charge in [0.1, 0.15) is 5.75 Å². The normalized spacial score (nSPS) is 24.8. The molecule has 1 aliphatic rings. The van der Waals surface area contributed by atoms with Gasteiger partial charge in [0, 0.05) is 19.2 Å². The standard InChI is InChI=1S/C16H25NO2/c1-16(2,3)15-8-9-19-14(11-17-15)12-6-5-7-13(10-12)18-4/h5-7,10,14-15,17H,8-9,11H2,1-4H3. The second-order valence-electron chi connectivity index (χ2n) is 6.25. The highest BCUT2D eigenvalue weighted by atomic mass is 16.5. The van der Waals surface area contributed by atoms with Crippen molar-refractivity contribution in [2.24, 2.45) is 5.41 Å². The van der Waals surface area contributed by atoms with Gasteiger partial charge in [-0.05, 0) is 29.5 Å². The van der Waals surface area contributed by atoms with Crippen molar-refractivity contribution in [1.29, 1.82) is 0 Å². The maximum Gasteiger partial charge on any atom is 0.119 e. The van der Waals surface area contributed by atoms with Crippen molar-refractivity contribution < 1.29 is 9.47 Å². The van der Waals surface area contributed by atoms with Crippen LogP contribution in [0.15, 0.2) is 24.3 Å². The summed E-state index contributed by atoms with van der Waals surface area (Å²) in [6.45, 7) is 8.48. The fourth-order valence-corrected chi connectivity index (χ4v) is 2.53. The van der Waals surface area contributed by atoms with Crippen molar-refractivity contribution >= 4 is 0 Å². The third-order valence-corrected chi connectivity index (χ3v) is 3.79. The molecular weight excluding hydrogens is 238 g/mol. The second kappa shape index (κ2) is 5.93. The molecule has 1 aliphatic heterocycles. The molecule has 0 amide bonds. The minimum Gasteiger partial charge on any atom is -0.497 e. The average Bonchev–Trinajstić information content (AvgIpc) is 2.64. The van der Waals surface area contributed by atoms with Gasteiger partial charge in [-0.2, -0.15) is 0 Å².